The second-order valence-corrected chi connectivity index (χ2v) is 6.22. The molecule has 0 fully saturated rings. The first-order valence-electron chi connectivity index (χ1n) is 7.66. The topological polar surface area (TPSA) is 24.1 Å². The summed E-state index contributed by atoms with van der Waals surface area (Å²) in [4.78, 5) is 0. The third kappa shape index (κ3) is 4.31. The molecule has 22 heavy (non-hydrogen) atoms. The minimum Gasteiger partial charge on any atom is -0.356 e. The second-order valence-electron chi connectivity index (χ2n) is 5.82. The van der Waals surface area contributed by atoms with Crippen molar-refractivity contribution in [3.63, 3.8) is 0 Å². The normalized spacial score (nSPS) is 13.3. The molecule has 2 aromatic rings. The molecule has 116 valence electrons. The highest BCUT2D eigenvalue weighted by molar-refractivity contribution is 7.80. The Labute approximate surface area is 139 Å². The van der Waals surface area contributed by atoms with Crippen LogP contribution in [0.5, 0.6) is 0 Å². The quantitative estimate of drug-likeness (QED) is 0.808. The molecule has 0 radical (unpaired) electrons. The number of benzene rings is 2. The Bertz CT molecular complexity index is 637. The largest absolute Gasteiger partial charge is 0.356 e. The van der Waals surface area contributed by atoms with E-state index in [1.807, 2.05) is 18.2 Å². The van der Waals surface area contributed by atoms with Crippen LogP contribution in [0.25, 0.3) is 0 Å². The fourth-order valence-corrected chi connectivity index (χ4v) is 2.73. The van der Waals surface area contributed by atoms with Crippen LogP contribution in [0.3, 0.4) is 0 Å². The van der Waals surface area contributed by atoms with Crippen LogP contribution in [-0.4, -0.2) is 5.11 Å². The van der Waals surface area contributed by atoms with Crippen molar-refractivity contribution < 1.29 is 0 Å². The van der Waals surface area contributed by atoms with Gasteiger partial charge in [-0.2, -0.15) is 0 Å². The lowest BCUT2D eigenvalue weighted by molar-refractivity contribution is 0.655. The highest BCUT2D eigenvalue weighted by atomic mass is 32.1. The molecule has 0 spiro atoms. The summed E-state index contributed by atoms with van der Waals surface area (Å²) >= 11 is 5.44. The molecule has 2 unspecified atom stereocenters. The Morgan fingerprint density at radius 3 is 2.00 bits per heavy atom. The SMILES string of the molecule is Cc1ccc(C(C)NC(=S)NC(C)c2ccccc2)cc1C. The summed E-state index contributed by atoms with van der Waals surface area (Å²) in [5.41, 5.74) is 5.10. The fourth-order valence-electron chi connectivity index (χ4n) is 2.38. The molecule has 0 aromatic heterocycles. The molecule has 0 saturated carbocycles. The number of rotatable bonds is 4. The van der Waals surface area contributed by atoms with Crippen molar-refractivity contribution in [1.82, 2.24) is 10.6 Å². The molecule has 0 bridgehead atoms. The summed E-state index contributed by atoms with van der Waals surface area (Å²) in [6.45, 7) is 8.51. The van der Waals surface area contributed by atoms with Gasteiger partial charge in [-0.1, -0.05) is 48.5 Å². The monoisotopic (exact) mass is 312 g/mol. The zero-order valence-corrected chi connectivity index (χ0v) is 14.5. The van der Waals surface area contributed by atoms with Gasteiger partial charge in [-0.25, -0.2) is 0 Å². The van der Waals surface area contributed by atoms with Crippen LogP contribution in [0.2, 0.25) is 0 Å². The van der Waals surface area contributed by atoms with E-state index < -0.39 is 0 Å². The summed E-state index contributed by atoms with van der Waals surface area (Å²) in [6, 6.07) is 17.2. The fraction of sp³-hybridized carbons (Fsp3) is 0.316. The van der Waals surface area contributed by atoms with Gasteiger partial charge in [0.05, 0.1) is 12.1 Å². The first-order chi connectivity index (χ1) is 10.5. The molecule has 2 atom stereocenters. The number of nitrogens with one attached hydrogen (secondary N) is 2. The van der Waals surface area contributed by atoms with Crippen molar-refractivity contribution in [2.75, 3.05) is 0 Å². The van der Waals surface area contributed by atoms with Gasteiger partial charge in [-0.15, -0.1) is 0 Å². The van der Waals surface area contributed by atoms with Gasteiger partial charge in [0, 0.05) is 0 Å². The Morgan fingerprint density at radius 1 is 0.818 bits per heavy atom. The Hall–Kier alpha value is -1.87. The van der Waals surface area contributed by atoms with Crippen molar-refractivity contribution >= 4 is 17.3 Å². The maximum atomic E-state index is 5.44. The smallest absolute Gasteiger partial charge is 0.167 e. The van der Waals surface area contributed by atoms with E-state index in [0.29, 0.717) is 5.11 Å². The van der Waals surface area contributed by atoms with Gasteiger partial charge in [0.2, 0.25) is 0 Å². The standard InChI is InChI=1S/C19H24N2S/c1-13-10-11-18(12-14(13)2)16(4)21-19(22)20-15(3)17-8-6-5-7-9-17/h5-12,15-16H,1-4H3,(H2,20,21,22). The number of aryl methyl sites for hydroxylation is 2. The second kappa shape index (κ2) is 7.41. The Balaban J connectivity index is 1.95. The van der Waals surface area contributed by atoms with Crippen molar-refractivity contribution in [3.05, 3.63) is 70.8 Å². The van der Waals surface area contributed by atoms with E-state index in [-0.39, 0.29) is 12.1 Å². The molecule has 0 saturated heterocycles. The lowest BCUT2D eigenvalue weighted by Gasteiger charge is -2.21. The van der Waals surface area contributed by atoms with Gasteiger partial charge in [0.1, 0.15) is 0 Å². The molecule has 2 rings (SSSR count). The van der Waals surface area contributed by atoms with Gasteiger partial charge in [0.15, 0.2) is 5.11 Å². The summed E-state index contributed by atoms with van der Waals surface area (Å²) in [6.07, 6.45) is 0. The summed E-state index contributed by atoms with van der Waals surface area (Å²) in [5.74, 6) is 0. The zero-order valence-electron chi connectivity index (χ0n) is 13.7. The molecule has 0 amide bonds. The van der Waals surface area contributed by atoms with Crippen LogP contribution < -0.4 is 10.6 Å². The molecule has 0 heterocycles. The minimum absolute atomic E-state index is 0.183. The Morgan fingerprint density at radius 2 is 1.41 bits per heavy atom. The molecule has 0 aliphatic heterocycles. The molecule has 3 heteroatoms. The molecule has 2 aromatic carbocycles. The lowest BCUT2D eigenvalue weighted by Crippen LogP contribution is -2.38. The van der Waals surface area contributed by atoms with Gasteiger partial charge in [-0.05, 0) is 62.2 Å². The number of hydrogen-bond donors (Lipinski definition) is 2. The van der Waals surface area contributed by atoms with Gasteiger partial charge < -0.3 is 10.6 Å². The molecule has 2 N–H and O–H groups in total. The highest BCUT2D eigenvalue weighted by Gasteiger charge is 2.10. The summed E-state index contributed by atoms with van der Waals surface area (Å²) in [5, 5.41) is 7.39. The van der Waals surface area contributed by atoms with E-state index in [1.165, 1.54) is 22.3 Å². The summed E-state index contributed by atoms with van der Waals surface area (Å²) in [7, 11) is 0. The zero-order chi connectivity index (χ0) is 16.1. The van der Waals surface area contributed by atoms with Crippen molar-refractivity contribution in [3.8, 4) is 0 Å². The molecular weight excluding hydrogens is 288 g/mol. The first-order valence-corrected chi connectivity index (χ1v) is 8.07. The maximum absolute atomic E-state index is 5.44. The van der Waals surface area contributed by atoms with Crippen molar-refractivity contribution in [2.45, 2.75) is 39.8 Å². The van der Waals surface area contributed by atoms with Gasteiger partial charge >= 0.3 is 0 Å². The Kier molecular flexibility index (Phi) is 5.56. The third-order valence-electron chi connectivity index (χ3n) is 4.03. The van der Waals surface area contributed by atoms with Crippen molar-refractivity contribution in [2.24, 2.45) is 0 Å². The van der Waals surface area contributed by atoms with E-state index in [2.05, 4.69) is 68.7 Å². The van der Waals surface area contributed by atoms with Crippen LogP contribution in [0.1, 0.15) is 48.2 Å². The van der Waals surface area contributed by atoms with E-state index in [1.54, 1.807) is 0 Å². The van der Waals surface area contributed by atoms with E-state index in [4.69, 9.17) is 12.2 Å². The molecule has 0 aliphatic rings. The predicted molar refractivity (Wildman–Crippen MR) is 98.1 cm³/mol. The number of thiocarbonyl (C=S) groups is 1. The van der Waals surface area contributed by atoms with Crippen molar-refractivity contribution in [1.29, 1.82) is 0 Å². The highest BCUT2D eigenvalue weighted by Crippen LogP contribution is 2.17. The molecule has 2 nitrogen and oxygen atoms in total. The molecular formula is C19H24N2S. The maximum Gasteiger partial charge on any atom is 0.167 e. The third-order valence-corrected chi connectivity index (χ3v) is 4.26. The minimum atomic E-state index is 0.183. The first kappa shape index (κ1) is 16.5. The van der Waals surface area contributed by atoms with Crippen LogP contribution in [-0.2, 0) is 0 Å². The number of hydrogen-bond acceptors (Lipinski definition) is 1. The van der Waals surface area contributed by atoms with Crippen LogP contribution >= 0.6 is 12.2 Å². The average molecular weight is 312 g/mol. The van der Waals surface area contributed by atoms with Crippen LogP contribution in [0, 0.1) is 13.8 Å². The lowest BCUT2D eigenvalue weighted by atomic mass is 10.0. The molecule has 0 aliphatic carbocycles. The predicted octanol–water partition coefficient (Wildman–Crippen LogP) is 4.59. The van der Waals surface area contributed by atoms with Gasteiger partial charge in [-0.3, -0.25) is 0 Å². The van der Waals surface area contributed by atoms with Gasteiger partial charge in [0.25, 0.3) is 0 Å². The van der Waals surface area contributed by atoms with Crippen LogP contribution in [0.15, 0.2) is 48.5 Å². The van der Waals surface area contributed by atoms with E-state index >= 15 is 0 Å². The van der Waals surface area contributed by atoms with E-state index in [9.17, 15) is 0 Å². The van der Waals surface area contributed by atoms with E-state index in [0.717, 1.165) is 0 Å². The average Bonchev–Trinajstić information content (AvgIpc) is 2.50. The summed E-state index contributed by atoms with van der Waals surface area (Å²) < 4.78 is 0. The van der Waals surface area contributed by atoms with Crippen LogP contribution in [0.4, 0.5) is 0 Å².